The number of ether oxygens (including phenoxy) is 2. The molecule has 2 aromatic heterocycles. The zero-order chi connectivity index (χ0) is 24.6. The van der Waals surface area contributed by atoms with Gasteiger partial charge in [-0.1, -0.05) is 24.3 Å². The molecule has 0 bridgehead atoms. The predicted molar refractivity (Wildman–Crippen MR) is 132 cm³/mol. The fraction of sp³-hybridized carbons (Fsp3) is 0.308. The van der Waals surface area contributed by atoms with Crippen molar-refractivity contribution >= 4 is 28.3 Å². The molecule has 1 aliphatic rings. The van der Waals surface area contributed by atoms with Crippen LogP contribution < -0.4 is 10.1 Å². The summed E-state index contributed by atoms with van der Waals surface area (Å²) in [4.78, 5) is 31.9. The molecule has 35 heavy (non-hydrogen) atoms. The zero-order valence-electron chi connectivity index (χ0n) is 19.5. The number of nitrogens with one attached hydrogen (secondary N) is 1. The van der Waals surface area contributed by atoms with Crippen molar-refractivity contribution in [1.29, 1.82) is 5.26 Å². The summed E-state index contributed by atoms with van der Waals surface area (Å²) in [5, 5.41) is 13.2. The first-order valence-corrected chi connectivity index (χ1v) is 12.2. The number of carbonyl (C=O) groups excluding carboxylic acids is 2. The second-order valence-electron chi connectivity index (χ2n) is 8.04. The molecule has 1 aromatic carbocycles. The van der Waals surface area contributed by atoms with E-state index in [9.17, 15) is 14.9 Å². The Hall–Kier alpha value is -3.90. The number of fused-ring (bicyclic) bond motifs is 1. The van der Waals surface area contributed by atoms with Gasteiger partial charge in [-0.2, -0.15) is 5.26 Å². The molecular weight excluding hydrogens is 464 g/mol. The summed E-state index contributed by atoms with van der Waals surface area (Å²) < 4.78 is 10.8. The molecule has 0 aliphatic carbocycles. The minimum absolute atomic E-state index is 0.170. The summed E-state index contributed by atoms with van der Waals surface area (Å²) in [6.07, 6.45) is 3.21. The number of amides is 2. The summed E-state index contributed by atoms with van der Waals surface area (Å²) in [7, 11) is 1.60. The number of hydrogen-bond donors (Lipinski definition) is 1. The number of rotatable bonds is 8. The highest BCUT2D eigenvalue weighted by Crippen LogP contribution is 2.37. The van der Waals surface area contributed by atoms with Crippen LogP contribution in [0, 0.1) is 11.3 Å². The Kier molecular flexibility index (Phi) is 7.95. The van der Waals surface area contributed by atoms with Crippen LogP contribution in [0.2, 0.25) is 0 Å². The van der Waals surface area contributed by atoms with Crippen molar-refractivity contribution in [3.8, 4) is 11.8 Å². The van der Waals surface area contributed by atoms with E-state index in [0.29, 0.717) is 42.9 Å². The van der Waals surface area contributed by atoms with Crippen molar-refractivity contribution in [3.05, 3.63) is 75.9 Å². The Bertz CT molecular complexity index is 1240. The third kappa shape index (κ3) is 5.97. The molecule has 1 N–H and O–H groups in total. The van der Waals surface area contributed by atoms with E-state index in [1.54, 1.807) is 18.2 Å². The molecule has 180 valence electrons. The molecule has 0 atom stereocenters. The summed E-state index contributed by atoms with van der Waals surface area (Å²) in [5.74, 6) is 0.577. The monoisotopic (exact) mass is 490 g/mol. The molecule has 0 radical (unpaired) electrons. The van der Waals surface area contributed by atoms with Crippen LogP contribution >= 0.6 is 11.3 Å². The largest absolute Gasteiger partial charge is 0.496 e. The summed E-state index contributed by atoms with van der Waals surface area (Å²) >= 11 is 1.35. The number of hydrogen-bond acceptors (Lipinski definition) is 7. The number of pyridine rings is 1. The van der Waals surface area contributed by atoms with Crippen molar-refractivity contribution in [1.82, 2.24) is 9.88 Å². The van der Waals surface area contributed by atoms with Gasteiger partial charge in [0.1, 0.15) is 16.8 Å². The highest BCUT2D eigenvalue weighted by molar-refractivity contribution is 7.16. The Labute approximate surface area is 208 Å². The molecule has 3 aromatic rings. The lowest BCUT2D eigenvalue weighted by Crippen LogP contribution is -2.36. The second-order valence-corrected chi connectivity index (χ2v) is 9.14. The maximum Gasteiger partial charge on any atom is 0.410 e. The molecule has 2 amide bonds. The van der Waals surface area contributed by atoms with Gasteiger partial charge >= 0.3 is 6.09 Å². The predicted octanol–water partition coefficient (Wildman–Crippen LogP) is 4.33. The number of carbonyl (C=O) groups is 2. The summed E-state index contributed by atoms with van der Waals surface area (Å²) in [6, 6.07) is 15.5. The Morgan fingerprint density at radius 2 is 2.03 bits per heavy atom. The van der Waals surface area contributed by atoms with Crippen molar-refractivity contribution in [3.63, 3.8) is 0 Å². The van der Waals surface area contributed by atoms with Gasteiger partial charge in [0.05, 0.1) is 25.8 Å². The molecular formula is C26H26N4O4S. The first-order chi connectivity index (χ1) is 17.1. The van der Waals surface area contributed by atoms with Gasteiger partial charge in [0.2, 0.25) is 5.91 Å². The molecule has 0 fully saturated rings. The summed E-state index contributed by atoms with van der Waals surface area (Å²) in [6.45, 7) is 1.07. The quantitative estimate of drug-likeness (QED) is 0.504. The van der Waals surface area contributed by atoms with Crippen LogP contribution in [0.1, 0.15) is 33.7 Å². The van der Waals surface area contributed by atoms with Crippen LogP contribution in [-0.4, -0.2) is 42.1 Å². The van der Waals surface area contributed by atoms with E-state index in [0.717, 1.165) is 27.4 Å². The number of thiophene rings is 1. The van der Waals surface area contributed by atoms with Gasteiger partial charge in [0.25, 0.3) is 0 Å². The molecule has 4 rings (SSSR count). The van der Waals surface area contributed by atoms with Crippen molar-refractivity contribution < 1.29 is 19.1 Å². The number of aryl methyl sites for hydroxylation is 1. The van der Waals surface area contributed by atoms with Crippen LogP contribution in [0.3, 0.4) is 0 Å². The fourth-order valence-corrected chi connectivity index (χ4v) is 5.22. The number of methoxy groups -OCH3 is 1. The van der Waals surface area contributed by atoms with Gasteiger partial charge in [-0.25, -0.2) is 4.79 Å². The summed E-state index contributed by atoms with van der Waals surface area (Å²) in [5.41, 5.74) is 3.20. The Morgan fingerprint density at radius 1 is 1.20 bits per heavy atom. The Balaban J connectivity index is 1.34. The number of benzene rings is 1. The van der Waals surface area contributed by atoms with Gasteiger partial charge in [-0.05, 0) is 42.2 Å². The standard InChI is InChI=1S/C26H26N4O4S/c1-33-22-8-3-2-6-18(22)9-10-24(31)29-25-21(16-27)20-11-14-30(17-23(20)35-25)26(32)34-15-12-19-7-4-5-13-28-19/h2-8,13H,9-12,14-15,17H2,1H3,(H,29,31). The molecule has 9 heteroatoms. The van der Waals surface area contributed by atoms with E-state index in [1.807, 2.05) is 42.5 Å². The van der Waals surface area contributed by atoms with Crippen LogP contribution in [0.15, 0.2) is 48.7 Å². The highest BCUT2D eigenvalue weighted by atomic mass is 32.1. The average Bonchev–Trinajstić information content (AvgIpc) is 3.24. The molecule has 0 saturated carbocycles. The van der Waals surface area contributed by atoms with Crippen molar-refractivity contribution in [2.45, 2.75) is 32.2 Å². The first kappa shape index (κ1) is 24.2. The molecule has 8 nitrogen and oxygen atoms in total. The second kappa shape index (κ2) is 11.5. The van der Waals surface area contributed by atoms with Gasteiger partial charge in [-0.3, -0.25) is 9.78 Å². The number of para-hydroxylation sites is 1. The first-order valence-electron chi connectivity index (χ1n) is 11.4. The Morgan fingerprint density at radius 3 is 2.80 bits per heavy atom. The van der Waals surface area contributed by atoms with E-state index in [-0.39, 0.29) is 25.0 Å². The number of anilines is 1. The third-order valence-corrected chi connectivity index (χ3v) is 6.94. The number of aromatic nitrogens is 1. The lowest BCUT2D eigenvalue weighted by atomic mass is 10.0. The smallest absolute Gasteiger partial charge is 0.410 e. The SMILES string of the molecule is COc1ccccc1CCC(=O)Nc1sc2c(c1C#N)CCN(C(=O)OCCc1ccccn1)C2. The van der Waals surface area contributed by atoms with Crippen molar-refractivity contribution in [2.24, 2.45) is 0 Å². The van der Waals surface area contributed by atoms with E-state index < -0.39 is 0 Å². The fourth-order valence-electron chi connectivity index (χ4n) is 3.99. The van der Waals surface area contributed by atoms with E-state index in [2.05, 4.69) is 16.4 Å². The lowest BCUT2D eigenvalue weighted by molar-refractivity contribution is -0.116. The molecule has 3 heterocycles. The minimum Gasteiger partial charge on any atom is -0.496 e. The molecule has 0 unspecified atom stereocenters. The van der Waals surface area contributed by atoms with E-state index in [4.69, 9.17) is 9.47 Å². The number of nitriles is 1. The van der Waals surface area contributed by atoms with Crippen molar-refractivity contribution in [2.75, 3.05) is 25.6 Å². The van der Waals surface area contributed by atoms with Gasteiger partial charge < -0.3 is 19.7 Å². The number of nitrogens with zero attached hydrogens (tertiary/aromatic N) is 3. The third-order valence-electron chi connectivity index (χ3n) is 5.80. The van der Waals surface area contributed by atoms with Gasteiger partial charge in [0.15, 0.2) is 0 Å². The maximum atomic E-state index is 12.6. The van der Waals surface area contributed by atoms with Gasteiger partial charge in [0, 0.05) is 36.2 Å². The maximum absolute atomic E-state index is 12.6. The van der Waals surface area contributed by atoms with Gasteiger partial charge in [-0.15, -0.1) is 11.3 Å². The average molecular weight is 491 g/mol. The normalized spacial score (nSPS) is 12.4. The molecule has 0 saturated heterocycles. The van der Waals surface area contributed by atoms with E-state index >= 15 is 0 Å². The topological polar surface area (TPSA) is 105 Å². The minimum atomic E-state index is -0.388. The molecule has 1 aliphatic heterocycles. The zero-order valence-corrected chi connectivity index (χ0v) is 20.3. The molecule has 0 spiro atoms. The van der Waals surface area contributed by atoms with Crippen LogP contribution in [-0.2, 0) is 35.3 Å². The lowest BCUT2D eigenvalue weighted by Gasteiger charge is -2.26. The van der Waals surface area contributed by atoms with Crippen LogP contribution in [0.25, 0.3) is 0 Å². The van der Waals surface area contributed by atoms with Crippen LogP contribution in [0.4, 0.5) is 9.80 Å². The van der Waals surface area contributed by atoms with Crippen LogP contribution in [0.5, 0.6) is 5.75 Å². The van der Waals surface area contributed by atoms with E-state index in [1.165, 1.54) is 11.3 Å². The highest BCUT2D eigenvalue weighted by Gasteiger charge is 2.28.